The summed E-state index contributed by atoms with van der Waals surface area (Å²) in [7, 11) is 0. The van der Waals surface area contributed by atoms with E-state index < -0.39 is 5.97 Å². The summed E-state index contributed by atoms with van der Waals surface area (Å²) in [5, 5.41) is 1.03. The highest BCUT2D eigenvalue weighted by Gasteiger charge is 2.09. The Kier molecular flexibility index (Phi) is 4.01. The molecule has 1 heterocycles. The molecular weight excluding hydrogens is 278 g/mol. The zero-order chi connectivity index (χ0) is 15.4. The molecular formula is C18H15NO3. The number of hydrogen-bond donors (Lipinski definition) is 0. The number of rotatable bonds is 4. The summed E-state index contributed by atoms with van der Waals surface area (Å²) in [5.41, 5.74) is 2.32. The topological polar surface area (TPSA) is 51.8 Å². The number of carbonyl (C=O) groups excluding carboxylic acids is 1. The van der Waals surface area contributed by atoms with E-state index in [1.165, 1.54) is 6.21 Å². The lowest BCUT2D eigenvalue weighted by Crippen LogP contribution is -2.04. The van der Waals surface area contributed by atoms with Crippen molar-refractivity contribution in [2.45, 2.75) is 6.92 Å². The molecule has 0 atom stereocenters. The number of esters is 1. The Morgan fingerprint density at radius 2 is 1.95 bits per heavy atom. The van der Waals surface area contributed by atoms with Crippen molar-refractivity contribution in [3.8, 4) is 11.3 Å². The molecule has 0 saturated carbocycles. The van der Waals surface area contributed by atoms with Crippen molar-refractivity contribution in [1.82, 2.24) is 0 Å². The van der Waals surface area contributed by atoms with Crippen molar-refractivity contribution >= 4 is 28.8 Å². The lowest BCUT2D eigenvalue weighted by atomic mass is 10.1. The van der Waals surface area contributed by atoms with Gasteiger partial charge in [-0.2, -0.15) is 0 Å². The first kappa shape index (κ1) is 14.1. The van der Waals surface area contributed by atoms with Gasteiger partial charge in [-0.25, -0.2) is 9.79 Å². The van der Waals surface area contributed by atoms with Gasteiger partial charge in [-0.3, -0.25) is 0 Å². The van der Waals surface area contributed by atoms with Gasteiger partial charge < -0.3 is 9.15 Å². The average Bonchev–Trinajstić information content (AvgIpc) is 2.97. The number of fused-ring (bicyclic) bond motifs is 1. The summed E-state index contributed by atoms with van der Waals surface area (Å²) in [5.74, 6) is 0.264. The Balaban J connectivity index is 1.98. The third kappa shape index (κ3) is 2.91. The first-order chi connectivity index (χ1) is 10.8. The molecule has 1 aromatic heterocycles. The minimum Gasteiger partial charge on any atom is -0.462 e. The lowest BCUT2D eigenvalue weighted by molar-refractivity contribution is -0.134. The van der Waals surface area contributed by atoms with E-state index in [9.17, 15) is 4.79 Å². The first-order valence-electron chi connectivity index (χ1n) is 7.06. The third-order valence-electron chi connectivity index (χ3n) is 3.19. The van der Waals surface area contributed by atoms with Crippen LogP contribution in [0, 0.1) is 0 Å². The SMILES string of the molecule is CCOC(=O)C=Nc1ccccc1-c1cc2ccccc2o1. The van der Waals surface area contributed by atoms with Crippen LogP contribution in [0.2, 0.25) is 0 Å². The zero-order valence-corrected chi connectivity index (χ0v) is 12.2. The minimum atomic E-state index is -0.457. The van der Waals surface area contributed by atoms with Crippen LogP contribution in [0.4, 0.5) is 5.69 Å². The van der Waals surface area contributed by atoms with Crippen LogP contribution in [0.25, 0.3) is 22.3 Å². The fraction of sp³-hybridized carbons (Fsp3) is 0.111. The van der Waals surface area contributed by atoms with E-state index in [-0.39, 0.29) is 0 Å². The van der Waals surface area contributed by atoms with Gasteiger partial charge in [0.2, 0.25) is 0 Å². The van der Waals surface area contributed by atoms with Crippen molar-refractivity contribution in [2.75, 3.05) is 6.61 Å². The van der Waals surface area contributed by atoms with Gasteiger partial charge in [0.05, 0.1) is 12.3 Å². The van der Waals surface area contributed by atoms with E-state index in [1.807, 2.05) is 54.6 Å². The smallest absolute Gasteiger partial charge is 0.349 e. The first-order valence-corrected chi connectivity index (χ1v) is 7.06. The molecule has 22 heavy (non-hydrogen) atoms. The molecule has 0 aliphatic heterocycles. The van der Waals surface area contributed by atoms with Gasteiger partial charge >= 0.3 is 5.97 Å². The second-order valence-corrected chi connectivity index (χ2v) is 4.68. The fourth-order valence-corrected chi connectivity index (χ4v) is 2.21. The number of carbonyl (C=O) groups is 1. The van der Waals surface area contributed by atoms with Crippen LogP contribution in [-0.2, 0) is 9.53 Å². The number of aliphatic imine (C=N–C) groups is 1. The lowest BCUT2D eigenvalue weighted by Gasteiger charge is -2.01. The molecule has 0 aliphatic rings. The van der Waals surface area contributed by atoms with E-state index in [1.54, 1.807) is 6.92 Å². The molecule has 3 rings (SSSR count). The third-order valence-corrected chi connectivity index (χ3v) is 3.19. The standard InChI is InChI=1S/C18H15NO3/c1-2-21-18(20)12-19-15-9-5-4-8-14(15)17-11-13-7-3-6-10-16(13)22-17/h3-12H,2H2,1H3. The van der Waals surface area contributed by atoms with Crippen LogP contribution < -0.4 is 0 Å². The van der Waals surface area contributed by atoms with Crippen molar-refractivity contribution in [2.24, 2.45) is 4.99 Å². The molecule has 2 aromatic carbocycles. The number of ether oxygens (including phenoxy) is 1. The van der Waals surface area contributed by atoms with Crippen molar-refractivity contribution in [1.29, 1.82) is 0 Å². The number of benzene rings is 2. The van der Waals surface area contributed by atoms with Crippen LogP contribution in [0.5, 0.6) is 0 Å². The van der Waals surface area contributed by atoms with Crippen LogP contribution in [0.3, 0.4) is 0 Å². The Bertz CT molecular complexity index is 800. The number of furan rings is 1. The highest BCUT2D eigenvalue weighted by molar-refractivity contribution is 6.23. The summed E-state index contributed by atoms with van der Waals surface area (Å²) < 4.78 is 10.7. The van der Waals surface area contributed by atoms with Crippen molar-refractivity contribution in [3.05, 3.63) is 54.6 Å². The molecule has 0 amide bonds. The van der Waals surface area contributed by atoms with Gasteiger partial charge in [0, 0.05) is 10.9 Å². The van der Waals surface area contributed by atoms with Gasteiger partial charge in [-0.1, -0.05) is 30.3 Å². The van der Waals surface area contributed by atoms with Gasteiger partial charge in [0.25, 0.3) is 0 Å². The molecule has 110 valence electrons. The van der Waals surface area contributed by atoms with E-state index in [4.69, 9.17) is 9.15 Å². The maximum atomic E-state index is 11.4. The maximum Gasteiger partial charge on any atom is 0.349 e. The zero-order valence-electron chi connectivity index (χ0n) is 12.2. The predicted molar refractivity (Wildman–Crippen MR) is 86.4 cm³/mol. The molecule has 0 saturated heterocycles. The molecule has 0 aliphatic carbocycles. The van der Waals surface area contributed by atoms with Gasteiger partial charge in [-0.05, 0) is 31.2 Å². The second-order valence-electron chi connectivity index (χ2n) is 4.68. The molecule has 0 unspecified atom stereocenters. The summed E-state index contributed by atoms with van der Waals surface area (Å²) >= 11 is 0. The molecule has 4 nitrogen and oxygen atoms in total. The predicted octanol–water partition coefficient (Wildman–Crippen LogP) is 4.37. The monoisotopic (exact) mass is 293 g/mol. The van der Waals surface area contributed by atoms with E-state index >= 15 is 0 Å². The molecule has 0 spiro atoms. The number of nitrogens with zero attached hydrogens (tertiary/aromatic N) is 1. The molecule has 0 fully saturated rings. The van der Waals surface area contributed by atoms with Crippen LogP contribution >= 0.6 is 0 Å². The van der Waals surface area contributed by atoms with E-state index in [0.29, 0.717) is 12.3 Å². The molecule has 0 N–H and O–H groups in total. The molecule has 4 heteroatoms. The number of hydrogen-bond acceptors (Lipinski definition) is 4. The Morgan fingerprint density at radius 3 is 2.77 bits per heavy atom. The largest absolute Gasteiger partial charge is 0.462 e. The molecule has 0 radical (unpaired) electrons. The number of para-hydroxylation sites is 2. The Morgan fingerprint density at radius 1 is 1.18 bits per heavy atom. The Labute approximate surface area is 128 Å². The van der Waals surface area contributed by atoms with E-state index in [2.05, 4.69) is 4.99 Å². The summed E-state index contributed by atoms with van der Waals surface area (Å²) in [6.45, 7) is 2.09. The second kappa shape index (κ2) is 6.26. The average molecular weight is 293 g/mol. The minimum absolute atomic E-state index is 0.329. The Hall–Kier alpha value is -2.88. The summed E-state index contributed by atoms with van der Waals surface area (Å²) in [4.78, 5) is 15.6. The normalized spacial score (nSPS) is 11.1. The maximum absolute atomic E-state index is 11.4. The summed E-state index contributed by atoms with van der Waals surface area (Å²) in [6.07, 6.45) is 1.19. The highest BCUT2D eigenvalue weighted by atomic mass is 16.5. The van der Waals surface area contributed by atoms with Crippen LogP contribution in [-0.4, -0.2) is 18.8 Å². The molecule has 0 bridgehead atoms. The molecule has 3 aromatic rings. The summed E-state index contributed by atoms with van der Waals surface area (Å²) in [6, 6.07) is 17.3. The van der Waals surface area contributed by atoms with Crippen LogP contribution in [0.15, 0.2) is 64.0 Å². The van der Waals surface area contributed by atoms with Crippen molar-refractivity contribution < 1.29 is 13.9 Å². The highest BCUT2D eigenvalue weighted by Crippen LogP contribution is 2.33. The van der Waals surface area contributed by atoms with Crippen LogP contribution in [0.1, 0.15) is 6.92 Å². The van der Waals surface area contributed by atoms with Crippen molar-refractivity contribution in [3.63, 3.8) is 0 Å². The van der Waals surface area contributed by atoms with E-state index in [0.717, 1.165) is 22.3 Å². The van der Waals surface area contributed by atoms with Gasteiger partial charge in [-0.15, -0.1) is 0 Å². The van der Waals surface area contributed by atoms with Gasteiger partial charge in [0.15, 0.2) is 0 Å². The quantitative estimate of drug-likeness (QED) is 0.530. The fourth-order valence-electron chi connectivity index (χ4n) is 2.21. The van der Waals surface area contributed by atoms with Gasteiger partial charge in [0.1, 0.15) is 17.6 Å².